The average Bonchev–Trinajstić information content (AvgIpc) is 2.26. The second-order valence-corrected chi connectivity index (χ2v) is 2.49. The molecule has 1 aromatic carbocycles. The van der Waals surface area contributed by atoms with Crippen LogP contribution in [0.25, 0.3) is 0 Å². The van der Waals surface area contributed by atoms with Gasteiger partial charge >= 0.3 is 5.97 Å². The molecule has 1 aromatic rings. The van der Waals surface area contributed by atoms with Gasteiger partial charge in [-0.3, -0.25) is 0 Å². The summed E-state index contributed by atoms with van der Waals surface area (Å²) in [7, 11) is 1.27. The lowest BCUT2D eigenvalue weighted by Crippen LogP contribution is -2.12. The van der Waals surface area contributed by atoms with E-state index in [9.17, 15) is 9.28 Å². The molecule has 76 valence electrons. The number of esters is 1. The molecular formula is C9H10FNO3. The number of benzene rings is 1. The van der Waals surface area contributed by atoms with Gasteiger partial charge in [0.15, 0.2) is 6.61 Å². The van der Waals surface area contributed by atoms with Crippen LogP contribution in [0, 0.1) is 0 Å². The van der Waals surface area contributed by atoms with Crippen molar-refractivity contribution < 1.29 is 18.7 Å². The molecule has 0 unspecified atom stereocenters. The second-order valence-electron chi connectivity index (χ2n) is 2.49. The predicted octanol–water partition coefficient (Wildman–Crippen LogP) is 1.53. The topological polar surface area (TPSA) is 47.6 Å². The fourth-order valence-electron chi connectivity index (χ4n) is 0.846. The van der Waals surface area contributed by atoms with Crippen LogP contribution in [0.1, 0.15) is 0 Å². The highest BCUT2D eigenvalue weighted by atomic mass is 19.2. The Labute approximate surface area is 80.6 Å². The lowest BCUT2D eigenvalue weighted by atomic mass is 10.3. The largest absolute Gasteiger partial charge is 0.482 e. The first-order valence-corrected chi connectivity index (χ1v) is 3.92. The molecule has 0 radical (unpaired) electrons. The molecule has 0 amide bonds. The summed E-state index contributed by atoms with van der Waals surface area (Å²) in [5, 5.41) is 0. The number of hydrogen-bond acceptors (Lipinski definition) is 4. The highest BCUT2D eigenvalue weighted by Gasteiger charge is 2.01. The van der Waals surface area contributed by atoms with Gasteiger partial charge in [0.2, 0.25) is 0 Å². The highest BCUT2D eigenvalue weighted by Crippen LogP contribution is 2.17. The van der Waals surface area contributed by atoms with E-state index in [-0.39, 0.29) is 12.3 Å². The van der Waals surface area contributed by atoms with Crippen LogP contribution in [0.15, 0.2) is 24.3 Å². The second kappa shape index (κ2) is 5.06. The van der Waals surface area contributed by atoms with Crippen molar-refractivity contribution in [2.24, 2.45) is 0 Å². The molecule has 1 rings (SSSR count). The lowest BCUT2D eigenvalue weighted by molar-refractivity contribution is -0.142. The fourth-order valence-corrected chi connectivity index (χ4v) is 0.846. The number of hydrogen-bond donors (Lipinski definition) is 1. The summed E-state index contributed by atoms with van der Waals surface area (Å²) in [6.45, 7) is -0.188. The molecule has 0 fully saturated rings. The Bertz CT molecular complexity index is 317. The summed E-state index contributed by atoms with van der Waals surface area (Å²) in [6.07, 6.45) is 0. The molecule has 5 heteroatoms. The van der Waals surface area contributed by atoms with Crippen LogP contribution in [0.3, 0.4) is 0 Å². The Kier molecular flexibility index (Phi) is 3.72. The van der Waals surface area contributed by atoms with E-state index >= 15 is 0 Å². The maximum atomic E-state index is 12.0. The number of halogens is 1. The van der Waals surface area contributed by atoms with Crippen molar-refractivity contribution in [1.29, 1.82) is 0 Å². The molecule has 1 N–H and O–H groups in total. The highest BCUT2D eigenvalue weighted by molar-refractivity contribution is 5.70. The number of carbonyl (C=O) groups excluding carboxylic acids is 1. The molecule has 0 atom stereocenters. The van der Waals surface area contributed by atoms with Crippen LogP contribution in [0.4, 0.5) is 10.2 Å². The van der Waals surface area contributed by atoms with Crippen molar-refractivity contribution in [3.63, 3.8) is 0 Å². The van der Waals surface area contributed by atoms with Crippen molar-refractivity contribution in [1.82, 2.24) is 0 Å². The molecule has 4 nitrogen and oxygen atoms in total. The first-order valence-electron chi connectivity index (χ1n) is 3.92. The van der Waals surface area contributed by atoms with Crippen molar-refractivity contribution in [2.45, 2.75) is 0 Å². The summed E-state index contributed by atoms with van der Waals surface area (Å²) >= 11 is 0. The quantitative estimate of drug-likeness (QED) is 0.590. The van der Waals surface area contributed by atoms with Crippen molar-refractivity contribution in [3.8, 4) is 5.75 Å². The van der Waals surface area contributed by atoms with E-state index in [2.05, 4.69) is 4.74 Å². The van der Waals surface area contributed by atoms with Gasteiger partial charge < -0.3 is 9.47 Å². The average molecular weight is 199 g/mol. The third-order valence-corrected chi connectivity index (χ3v) is 1.53. The van der Waals surface area contributed by atoms with Gasteiger partial charge in [0, 0.05) is 6.07 Å². The van der Waals surface area contributed by atoms with E-state index in [0.717, 1.165) is 0 Å². The van der Waals surface area contributed by atoms with Crippen LogP contribution in [0.5, 0.6) is 5.75 Å². The number of methoxy groups -OCH3 is 1. The smallest absolute Gasteiger partial charge is 0.343 e. The van der Waals surface area contributed by atoms with Gasteiger partial charge in [-0.1, -0.05) is 6.07 Å². The van der Waals surface area contributed by atoms with E-state index in [1.54, 1.807) is 12.1 Å². The molecule has 0 aliphatic heterocycles. The van der Waals surface area contributed by atoms with Crippen LogP contribution in [0.2, 0.25) is 0 Å². The molecule has 0 saturated carbocycles. The summed E-state index contributed by atoms with van der Waals surface area (Å²) in [6, 6.07) is 6.19. The van der Waals surface area contributed by atoms with Gasteiger partial charge in [-0.2, -0.15) is 0 Å². The van der Waals surface area contributed by atoms with Gasteiger partial charge in [0.05, 0.1) is 12.8 Å². The van der Waals surface area contributed by atoms with Crippen LogP contribution in [-0.2, 0) is 9.53 Å². The Balaban J connectivity index is 2.54. The van der Waals surface area contributed by atoms with Gasteiger partial charge in [-0.25, -0.2) is 10.3 Å². The molecule has 0 bridgehead atoms. The Morgan fingerprint density at radius 1 is 1.57 bits per heavy atom. The van der Waals surface area contributed by atoms with Gasteiger partial charge in [-0.15, -0.1) is 4.48 Å². The van der Waals surface area contributed by atoms with Crippen LogP contribution in [-0.4, -0.2) is 19.7 Å². The lowest BCUT2D eigenvalue weighted by Gasteiger charge is -2.05. The molecule has 0 heterocycles. The summed E-state index contributed by atoms with van der Waals surface area (Å²) in [4.78, 5) is 10.7. The number of carbonyl (C=O) groups is 1. The number of rotatable bonds is 4. The van der Waals surface area contributed by atoms with Crippen LogP contribution < -0.4 is 10.3 Å². The zero-order valence-electron chi connectivity index (χ0n) is 7.62. The van der Waals surface area contributed by atoms with Crippen molar-refractivity contribution >= 4 is 11.7 Å². The molecule has 0 aromatic heterocycles. The van der Waals surface area contributed by atoms with Crippen molar-refractivity contribution in [2.75, 3.05) is 19.3 Å². The third-order valence-electron chi connectivity index (χ3n) is 1.53. The zero-order valence-corrected chi connectivity index (χ0v) is 7.62. The summed E-state index contributed by atoms with van der Waals surface area (Å²) in [5.74, 6) is -0.0818. The predicted molar refractivity (Wildman–Crippen MR) is 48.7 cm³/mol. The zero-order chi connectivity index (χ0) is 10.4. The molecule has 0 spiro atoms. The number of nitrogens with one attached hydrogen (secondary N) is 1. The Morgan fingerprint density at radius 3 is 3.00 bits per heavy atom. The van der Waals surface area contributed by atoms with E-state index in [0.29, 0.717) is 5.75 Å². The van der Waals surface area contributed by atoms with E-state index < -0.39 is 5.97 Å². The minimum absolute atomic E-state index is 0.188. The first kappa shape index (κ1) is 10.3. The Hall–Kier alpha value is -1.78. The molecular weight excluding hydrogens is 189 g/mol. The SMILES string of the molecule is COC(=O)COc1cccc(NF)c1. The number of anilines is 1. The fraction of sp³-hybridized carbons (Fsp3) is 0.222. The number of ether oxygens (including phenoxy) is 2. The third kappa shape index (κ3) is 2.93. The van der Waals surface area contributed by atoms with E-state index in [1.807, 2.05) is 0 Å². The molecule has 0 aliphatic rings. The molecule has 14 heavy (non-hydrogen) atoms. The summed E-state index contributed by atoms with van der Waals surface area (Å²) in [5.41, 5.74) is 1.74. The maximum Gasteiger partial charge on any atom is 0.343 e. The maximum absolute atomic E-state index is 12.0. The Morgan fingerprint density at radius 2 is 2.36 bits per heavy atom. The molecule has 0 aliphatic carbocycles. The molecule has 0 saturated heterocycles. The monoisotopic (exact) mass is 199 g/mol. The van der Waals surface area contributed by atoms with Crippen molar-refractivity contribution in [3.05, 3.63) is 24.3 Å². The summed E-state index contributed by atoms with van der Waals surface area (Å²) < 4.78 is 21.4. The van der Waals surface area contributed by atoms with Gasteiger partial charge in [0.1, 0.15) is 5.75 Å². The van der Waals surface area contributed by atoms with Gasteiger partial charge in [-0.05, 0) is 12.1 Å². The normalized spacial score (nSPS) is 9.29. The van der Waals surface area contributed by atoms with Crippen LogP contribution >= 0.6 is 0 Å². The minimum atomic E-state index is -0.483. The van der Waals surface area contributed by atoms with E-state index in [1.165, 1.54) is 24.8 Å². The standard InChI is InChI=1S/C9H10FNO3/c1-13-9(12)6-14-8-4-2-3-7(5-8)11-10/h2-5,11H,6H2,1H3. The minimum Gasteiger partial charge on any atom is -0.482 e. The first-order chi connectivity index (χ1) is 6.76. The van der Waals surface area contributed by atoms with E-state index in [4.69, 9.17) is 4.74 Å². The van der Waals surface area contributed by atoms with Gasteiger partial charge in [0.25, 0.3) is 0 Å².